The van der Waals surface area contributed by atoms with Gasteiger partial charge < -0.3 is 5.32 Å². The number of hydrogen-bond donors (Lipinski definition) is 1. The van der Waals surface area contributed by atoms with Crippen LogP contribution in [0.2, 0.25) is 0 Å². The van der Waals surface area contributed by atoms with Gasteiger partial charge in [0.1, 0.15) is 0 Å². The lowest BCUT2D eigenvalue weighted by molar-refractivity contribution is -0.119. The molecule has 1 N–H and O–H groups in total. The molecule has 1 atom stereocenters. The third-order valence-electron chi connectivity index (χ3n) is 3.45. The van der Waals surface area contributed by atoms with Crippen molar-refractivity contribution >= 4 is 23.5 Å². The van der Waals surface area contributed by atoms with Gasteiger partial charge in [0.25, 0.3) is 5.91 Å². The highest BCUT2D eigenvalue weighted by molar-refractivity contribution is 6.07. The molecular weight excluding hydrogens is 262 g/mol. The molecule has 0 bridgehead atoms. The maximum absolute atomic E-state index is 12.3. The molecule has 0 saturated heterocycles. The SMILES string of the molecule is O=C1C(CCNc2ccccc2)C=NN1c1ccccc1. The summed E-state index contributed by atoms with van der Waals surface area (Å²) in [6, 6.07) is 19.5. The van der Waals surface area contributed by atoms with Crippen molar-refractivity contribution in [1.29, 1.82) is 0 Å². The third-order valence-corrected chi connectivity index (χ3v) is 3.45. The molecule has 1 amide bonds. The van der Waals surface area contributed by atoms with Crippen LogP contribution in [-0.4, -0.2) is 18.7 Å². The van der Waals surface area contributed by atoms with Gasteiger partial charge in [0.15, 0.2) is 0 Å². The summed E-state index contributed by atoms with van der Waals surface area (Å²) < 4.78 is 0. The highest BCUT2D eigenvalue weighted by atomic mass is 16.2. The van der Waals surface area contributed by atoms with Gasteiger partial charge in [-0.05, 0) is 30.7 Å². The number of nitrogens with one attached hydrogen (secondary N) is 1. The second-order valence-electron chi connectivity index (χ2n) is 4.94. The molecule has 4 nitrogen and oxygen atoms in total. The Balaban J connectivity index is 1.54. The van der Waals surface area contributed by atoms with Crippen LogP contribution in [0.3, 0.4) is 0 Å². The molecule has 2 aromatic carbocycles. The summed E-state index contributed by atoms with van der Waals surface area (Å²) in [6.07, 6.45) is 2.47. The van der Waals surface area contributed by atoms with Gasteiger partial charge in [-0.1, -0.05) is 36.4 Å². The average Bonchev–Trinajstić information content (AvgIpc) is 2.90. The highest BCUT2D eigenvalue weighted by Gasteiger charge is 2.28. The first-order valence-electron chi connectivity index (χ1n) is 7.06. The molecule has 0 saturated carbocycles. The molecule has 106 valence electrons. The standard InChI is InChI=1S/C17H17N3O/c21-17-14(11-12-18-15-7-3-1-4-8-15)13-19-20(17)16-9-5-2-6-10-16/h1-10,13-14,18H,11-12H2. The molecule has 1 aliphatic rings. The van der Waals surface area contributed by atoms with E-state index in [4.69, 9.17) is 0 Å². The van der Waals surface area contributed by atoms with Gasteiger partial charge in [0, 0.05) is 18.4 Å². The lowest BCUT2D eigenvalue weighted by atomic mass is 10.1. The summed E-state index contributed by atoms with van der Waals surface area (Å²) in [5.41, 5.74) is 1.89. The quantitative estimate of drug-likeness (QED) is 0.914. The number of amides is 1. The number of para-hydroxylation sites is 2. The number of anilines is 2. The Hall–Kier alpha value is -2.62. The predicted octanol–water partition coefficient (Wildman–Crippen LogP) is 3.14. The number of hydrazone groups is 1. The van der Waals surface area contributed by atoms with E-state index in [0.717, 1.165) is 24.3 Å². The van der Waals surface area contributed by atoms with E-state index < -0.39 is 0 Å². The smallest absolute Gasteiger partial charge is 0.256 e. The minimum Gasteiger partial charge on any atom is -0.385 e. The van der Waals surface area contributed by atoms with Crippen molar-refractivity contribution in [2.24, 2.45) is 11.0 Å². The van der Waals surface area contributed by atoms with Gasteiger partial charge in [-0.3, -0.25) is 4.79 Å². The number of rotatable bonds is 5. The summed E-state index contributed by atoms with van der Waals surface area (Å²) in [5, 5.41) is 9.02. The topological polar surface area (TPSA) is 44.7 Å². The largest absolute Gasteiger partial charge is 0.385 e. The summed E-state index contributed by atoms with van der Waals surface area (Å²) in [5.74, 6) is -0.113. The Morgan fingerprint density at radius 3 is 2.38 bits per heavy atom. The van der Waals surface area contributed by atoms with Crippen molar-refractivity contribution in [3.8, 4) is 0 Å². The fourth-order valence-electron chi connectivity index (χ4n) is 2.31. The molecule has 0 radical (unpaired) electrons. The van der Waals surface area contributed by atoms with Gasteiger partial charge in [0.2, 0.25) is 0 Å². The Morgan fingerprint density at radius 2 is 1.67 bits per heavy atom. The van der Waals surface area contributed by atoms with Gasteiger partial charge in [0.05, 0.1) is 11.6 Å². The highest BCUT2D eigenvalue weighted by Crippen LogP contribution is 2.22. The third kappa shape index (κ3) is 3.11. The van der Waals surface area contributed by atoms with Crippen LogP contribution in [0.25, 0.3) is 0 Å². The fraction of sp³-hybridized carbons (Fsp3) is 0.176. The Kier molecular flexibility index (Phi) is 3.96. The molecule has 1 unspecified atom stereocenters. The van der Waals surface area contributed by atoms with Gasteiger partial charge in [-0.15, -0.1) is 0 Å². The van der Waals surface area contributed by atoms with Crippen LogP contribution in [0.1, 0.15) is 6.42 Å². The van der Waals surface area contributed by atoms with E-state index >= 15 is 0 Å². The Morgan fingerprint density at radius 1 is 1.00 bits per heavy atom. The van der Waals surface area contributed by atoms with E-state index in [2.05, 4.69) is 10.4 Å². The van der Waals surface area contributed by atoms with Crippen molar-refractivity contribution in [1.82, 2.24) is 0 Å². The van der Waals surface area contributed by atoms with Crippen molar-refractivity contribution in [2.75, 3.05) is 16.9 Å². The zero-order chi connectivity index (χ0) is 14.5. The van der Waals surface area contributed by atoms with Crippen molar-refractivity contribution in [3.05, 3.63) is 60.7 Å². The van der Waals surface area contributed by atoms with Crippen LogP contribution in [0, 0.1) is 5.92 Å². The van der Waals surface area contributed by atoms with Crippen LogP contribution in [0.4, 0.5) is 11.4 Å². The van der Waals surface area contributed by atoms with Crippen LogP contribution in [0.5, 0.6) is 0 Å². The number of carbonyl (C=O) groups is 1. The average molecular weight is 279 g/mol. The van der Waals surface area contributed by atoms with E-state index in [1.54, 1.807) is 6.21 Å². The molecule has 3 rings (SSSR count). The maximum Gasteiger partial charge on any atom is 0.256 e. The van der Waals surface area contributed by atoms with Crippen molar-refractivity contribution < 1.29 is 4.79 Å². The molecular formula is C17H17N3O. The van der Waals surface area contributed by atoms with E-state index in [-0.39, 0.29) is 11.8 Å². The minimum absolute atomic E-state index is 0.0380. The molecule has 4 heteroatoms. The lowest BCUT2D eigenvalue weighted by Gasteiger charge is -2.14. The number of hydrogen-bond acceptors (Lipinski definition) is 3. The summed E-state index contributed by atoms with van der Waals surface area (Å²) in [7, 11) is 0. The van der Waals surface area contributed by atoms with E-state index in [1.807, 2.05) is 60.7 Å². The number of benzene rings is 2. The van der Waals surface area contributed by atoms with E-state index in [0.29, 0.717) is 0 Å². The molecule has 0 fully saturated rings. The van der Waals surface area contributed by atoms with Crippen LogP contribution in [0.15, 0.2) is 65.8 Å². The first kappa shape index (κ1) is 13.4. The minimum atomic E-state index is -0.151. The zero-order valence-electron chi connectivity index (χ0n) is 11.6. The monoisotopic (exact) mass is 279 g/mol. The van der Waals surface area contributed by atoms with Gasteiger partial charge in [-0.2, -0.15) is 5.10 Å². The molecule has 21 heavy (non-hydrogen) atoms. The second kappa shape index (κ2) is 6.22. The zero-order valence-corrected chi connectivity index (χ0v) is 11.6. The first-order valence-corrected chi connectivity index (χ1v) is 7.06. The second-order valence-corrected chi connectivity index (χ2v) is 4.94. The van der Waals surface area contributed by atoms with Gasteiger partial charge >= 0.3 is 0 Å². The van der Waals surface area contributed by atoms with Crippen LogP contribution < -0.4 is 10.3 Å². The molecule has 0 aromatic heterocycles. The predicted molar refractivity (Wildman–Crippen MR) is 85.5 cm³/mol. The van der Waals surface area contributed by atoms with Crippen LogP contribution in [-0.2, 0) is 4.79 Å². The number of nitrogens with zero attached hydrogens (tertiary/aromatic N) is 2. The molecule has 1 aliphatic heterocycles. The molecule has 0 spiro atoms. The Labute approximate surface area is 124 Å². The molecule has 2 aromatic rings. The van der Waals surface area contributed by atoms with Crippen molar-refractivity contribution in [3.63, 3.8) is 0 Å². The summed E-state index contributed by atoms with van der Waals surface area (Å²) >= 11 is 0. The van der Waals surface area contributed by atoms with E-state index in [1.165, 1.54) is 5.01 Å². The fourth-order valence-corrected chi connectivity index (χ4v) is 2.31. The molecule has 1 heterocycles. The van der Waals surface area contributed by atoms with E-state index in [9.17, 15) is 4.79 Å². The summed E-state index contributed by atoms with van der Waals surface area (Å²) in [4.78, 5) is 12.3. The molecule has 0 aliphatic carbocycles. The number of carbonyl (C=O) groups excluding carboxylic acids is 1. The van der Waals surface area contributed by atoms with Crippen LogP contribution >= 0.6 is 0 Å². The summed E-state index contributed by atoms with van der Waals surface area (Å²) in [6.45, 7) is 0.745. The normalized spacial score (nSPS) is 17.2. The maximum atomic E-state index is 12.3. The first-order chi connectivity index (χ1) is 10.3. The van der Waals surface area contributed by atoms with Gasteiger partial charge in [-0.25, -0.2) is 5.01 Å². The Bertz CT molecular complexity index is 625. The van der Waals surface area contributed by atoms with Crippen molar-refractivity contribution in [2.45, 2.75) is 6.42 Å². The lowest BCUT2D eigenvalue weighted by Crippen LogP contribution is -2.27.